The molecule has 0 saturated heterocycles. The summed E-state index contributed by atoms with van der Waals surface area (Å²) < 4.78 is 13.2. The van der Waals surface area contributed by atoms with Crippen molar-refractivity contribution in [3.8, 4) is 0 Å². The average Bonchev–Trinajstić information content (AvgIpc) is 2.40. The molecule has 0 spiro atoms. The van der Waals surface area contributed by atoms with Crippen LogP contribution in [0.15, 0.2) is 54.6 Å². The standard InChI is InChI=1S/C15H13ClFN/c16-14-9-8-13(11-15(14)17)18-10-4-7-12-5-2-1-3-6-12/h1-9,11,18H,10H2. The van der Waals surface area contributed by atoms with Crippen molar-refractivity contribution < 1.29 is 4.39 Å². The summed E-state index contributed by atoms with van der Waals surface area (Å²) in [4.78, 5) is 0. The molecule has 0 bridgehead atoms. The summed E-state index contributed by atoms with van der Waals surface area (Å²) in [6.45, 7) is 0.635. The van der Waals surface area contributed by atoms with Crippen LogP contribution in [0.25, 0.3) is 6.08 Å². The Hall–Kier alpha value is -1.80. The summed E-state index contributed by atoms with van der Waals surface area (Å²) in [7, 11) is 0. The van der Waals surface area contributed by atoms with Gasteiger partial charge in [0.1, 0.15) is 5.82 Å². The summed E-state index contributed by atoms with van der Waals surface area (Å²) in [5.74, 6) is -0.409. The van der Waals surface area contributed by atoms with Crippen molar-refractivity contribution in [2.75, 3.05) is 11.9 Å². The molecule has 1 N–H and O–H groups in total. The molecule has 0 atom stereocenters. The van der Waals surface area contributed by atoms with Crippen molar-refractivity contribution in [1.29, 1.82) is 0 Å². The van der Waals surface area contributed by atoms with Gasteiger partial charge in [-0.25, -0.2) is 4.39 Å². The fraction of sp³-hybridized carbons (Fsp3) is 0.0667. The lowest BCUT2D eigenvalue weighted by Gasteiger charge is -2.03. The van der Waals surface area contributed by atoms with E-state index in [1.54, 1.807) is 12.1 Å². The number of anilines is 1. The number of halogens is 2. The number of hydrogen-bond donors (Lipinski definition) is 1. The van der Waals surface area contributed by atoms with Gasteiger partial charge in [-0.2, -0.15) is 0 Å². The van der Waals surface area contributed by atoms with E-state index in [2.05, 4.69) is 5.32 Å². The van der Waals surface area contributed by atoms with E-state index in [-0.39, 0.29) is 5.02 Å². The van der Waals surface area contributed by atoms with Crippen LogP contribution in [0.2, 0.25) is 5.02 Å². The van der Waals surface area contributed by atoms with E-state index < -0.39 is 5.82 Å². The minimum Gasteiger partial charge on any atom is -0.381 e. The van der Waals surface area contributed by atoms with Crippen molar-refractivity contribution >= 4 is 23.4 Å². The molecule has 2 rings (SSSR count). The lowest BCUT2D eigenvalue weighted by Crippen LogP contribution is -1.98. The molecule has 0 aliphatic carbocycles. The van der Waals surface area contributed by atoms with E-state index in [1.165, 1.54) is 6.07 Å². The van der Waals surface area contributed by atoms with E-state index in [9.17, 15) is 4.39 Å². The zero-order chi connectivity index (χ0) is 12.8. The van der Waals surface area contributed by atoms with E-state index in [1.807, 2.05) is 42.5 Å². The first-order valence-corrected chi connectivity index (χ1v) is 6.04. The van der Waals surface area contributed by atoms with Crippen LogP contribution in [0.3, 0.4) is 0 Å². The van der Waals surface area contributed by atoms with Gasteiger partial charge >= 0.3 is 0 Å². The van der Waals surface area contributed by atoms with Crippen molar-refractivity contribution in [2.45, 2.75) is 0 Å². The first kappa shape index (κ1) is 12.7. The Morgan fingerprint density at radius 1 is 1.11 bits per heavy atom. The highest BCUT2D eigenvalue weighted by molar-refractivity contribution is 6.30. The normalized spacial score (nSPS) is 10.8. The third-order valence-corrected chi connectivity index (χ3v) is 2.76. The van der Waals surface area contributed by atoms with E-state index in [4.69, 9.17) is 11.6 Å². The Balaban J connectivity index is 1.89. The first-order valence-electron chi connectivity index (χ1n) is 5.66. The Morgan fingerprint density at radius 3 is 2.61 bits per heavy atom. The molecule has 0 saturated carbocycles. The maximum absolute atomic E-state index is 13.2. The lowest BCUT2D eigenvalue weighted by atomic mass is 10.2. The maximum atomic E-state index is 13.2. The molecule has 1 nitrogen and oxygen atoms in total. The van der Waals surface area contributed by atoms with Gasteiger partial charge in [-0.1, -0.05) is 54.1 Å². The summed E-state index contributed by atoms with van der Waals surface area (Å²) in [5.41, 5.74) is 1.86. The van der Waals surface area contributed by atoms with Crippen LogP contribution in [0.5, 0.6) is 0 Å². The van der Waals surface area contributed by atoms with E-state index >= 15 is 0 Å². The Bertz CT molecular complexity index is 537. The second kappa shape index (κ2) is 6.22. The van der Waals surface area contributed by atoms with Gasteiger partial charge in [0.05, 0.1) is 5.02 Å². The molecule has 2 aromatic rings. The van der Waals surface area contributed by atoms with Crippen LogP contribution in [0.4, 0.5) is 10.1 Å². The molecule has 0 aliphatic rings. The second-order valence-electron chi connectivity index (χ2n) is 3.82. The third-order valence-electron chi connectivity index (χ3n) is 2.45. The highest BCUT2D eigenvalue weighted by Crippen LogP contribution is 2.18. The summed E-state index contributed by atoms with van der Waals surface area (Å²) >= 11 is 5.61. The number of hydrogen-bond acceptors (Lipinski definition) is 1. The SMILES string of the molecule is Fc1cc(NCC=Cc2ccccc2)ccc1Cl. The molecule has 0 fully saturated rings. The van der Waals surface area contributed by atoms with Crippen LogP contribution in [0.1, 0.15) is 5.56 Å². The molecule has 0 aromatic heterocycles. The van der Waals surface area contributed by atoms with Crippen LogP contribution in [0, 0.1) is 5.82 Å². The summed E-state index contributed by atoms with van der Waals surface area (Å²) in [6, 6.07) is 14.7. The van der Waals surface area contributed by atoms with Crippen LogP contribution >= 0.6 is 11.6 Å². The molecule has 0 radical (unpaired) electrons. The molecule has 0 amide bonds. The molecule has 0 heterocycles. The molecule has 0 unspecified atom stereocenters. The molecular formula is C15H13ClFN. The minimum atomic E-state index is -0.409. The van der Waals surface area contributed by atoms with Gasteiger partial charge in [0.2, 0.25) is 0 Å². The number of nitrogens with one attached hydrogen (secondary N) is 1. The zero-order valence-electron chi connectivity index (χ0n) is 9.74. The fourth-order valence-corrected chi connectivity index (χ4v) is 1.66. The number of benzene rings is 2. The Kier molecular flexibility index (Phi) is 4.37. The van der Waals surface area contributed by atoms with Crippen molar-refractivity contribution in [1.82, 2.24) is 0 Å². The van der Waals surface area contributed by atoms with Crippen molar-refractivity contribution in [2.24, 2.45) is 0 Å². The van der Waals surface area contributed by atoms with Gasteiger partial charge in [0, 0.05) is 12.2 Å². The van der Waals surface area contributed by atoms with Gasteiger partial charge in [0.15, 0.2) is 0 Å². The van der Waals surface area contributed by atoms with Crippen LogP contribution in [-0.4, -0.2) is 6.54 Å². The first-order chi connectivity index (χ1) is 8.75. The third kappa shape index (κ3) is 3.60. The predicted octanol–water partition coefficient (Wildman–Crippen LogP) is 4.60. The van der Waals surface area contributed by atoms with E-state index in [0.717, 1.165) is 11.3 Å². The Morgan fingerprint density at radius 2 is 1.89 bits per heavy atom. The quantitative estimate of drug-likeness (QED) is 0.848. The maximum Gasteiger partial charge on any atom is 0.143 e. The van der Waals surface area contributed by atoms with Gasteiger partial charge in [-0.3, -0.25) is 0 Å². The lowest BCUT2D eigenvalue weighted by molar-refractivity contribution is 0.629. The van der Waals surface area contributed by atoms with Gasteiger partial charge < -0.3 is 5.32 Å². The molecule has 3 heteroatoms. The largest absolute Gasteiger partial charge is 0.381 e. The predicted molar refractivity (Wildman–Crippen MR) is 75.4 cm³/mol. The summed E-state index contributed by atoms with van der Waals surface area (Å²) in [6.07, 6.45) is 4.00. The van der Waals surface area contributed by atoms with E-state index in [0.29, 0.717) is 6.54 Å². The average molecular weight is 262 g/mol. The van der Waals surface area contributed by atoms with Crippen LogP contribution in [-0.2, 0) is 0 Å². The van der Waals surface area contributed by atoms with Gasteiger partial charge in [-0.15, -0.1) is 0 Å². The second-order valence-corrected chi connectivity index (χ2v) is 4.23. The van der Waals surface area contributed by atoms with Crippen molar-refractivity contribution in [3.05, 3.63) is 71.0 Å². The zero-order valence-corrected chi connectivity index (χ0v) is 10.5. The van der Waals surface area contributed by atoms with Gasteiger partial charge in [0.25, 0.3) is 0 Å². The van der Waals surface area contributed by atoms with Crippen LogP contribution < -0.4 is 5.32 Å². The summed E-state index contributed by atoms with van der Waals surface area (Å²) in [5, 5.41) is 3.24. The molecule has 18 heavy (non-hydrogen) atoms. The topological polar surface area (TPSA) is 12.0 Å². The monoisotopic (exact) mass is 261 g/mol. The minimum absolute atomic E-state index is 0.139. The highest BCUT2D eigenvalue weighted by Gasteiger charge is 1.99. The van der Waals surface area contributed by atoms with Crippen molar-refractivity contribution in [3.63, 3.8) is 0 Å². The number of rotatable bonds is 4. The molecule has 0 aliphatic heterocycles. The fourth-order valence-electron chi connectivity index (χ4n) is 1.54. The highest BCUT2D eigenvalue weighted by atomic mass is 35.5. The molecule has 2 aromatic carbocycles. The Labute approximate surface area is 111 Å². The molecular weight excluding hydrogens is 249 g/mol. The smallest absolute Gasteiger partial charge is 0.143 e. The molecule has 92 valence electrons. The van der Waals surface area contributed by atoms with Gasteiger partial charge in [-0.05, 0) is 23.8 Å².